The second-order valence-corrected chi connectivity index (χ2v) is 10.8. The summed E-state index contributed by atoms with van der Waals surface area (Å²) < 4.78 is 18.1. The minimum absolute atomic E-state index is 0.0957. The van der Waals surface area contributed by atoms with Gasteiger partial charge in [-0.1, -0.05) is 62.4 Å². The fourth-order valence-electron chi connectivity index (χ4n) is 5.78. The zero-order valence-corrected chi connectivity index (χ0v) is 23.5. The van der Waals surface area contributed by atoms with Gasteiger partial charge in [0.05, 0.1) is 7.11 Å². The van der Waals surface area contributed by atoms with E-state index in [2.05, 4.69) is 81.1 Å². The lowest BCUT2D eigenvalue weighted by Crippen LogP contribution is -2.43. The van der Waals surface area contributed by atoms with Crippen LogP contribution in [0, 0.1) is 0 Å². The quantitative estimate of drug-likeness (QED) is 0.292. The molecule has 1 aliphatic rings. The molecule has 0 bridgehead atoms. The van der Waals surface area contributed by atoms with Crippen molar-refractivity contribution in [3.8, 4) is 17.2 Å². The van der Waals surface area contributed by atoms with Crippen LogP contribution in [-0.2, 0) is 0 Å². The molecule has 1 aliphatic heterocycles. The first-order valence-electron chi connectivity index (χ1n) is 13.9. The summed E-state index contributed by atoms with van der Waals surface area (Å²) in [5.41, 5.74) is 3.16. The van der Waals surface area contributed by atoms with Gasteiger partial charge in [0, 0.05) is 30.0 Å². The summed E-state index contributed by atoms with van der Waals surface area (Å²) >= 11 is 0. The van der Waals surface area contributed by atoms with Crippen molar-refractivity contribution in [1.29, 1.82) is 0 Å². The van der Waals surface area contributed by atoms with E-state index in [4.69, 9.17) is 14.2 Å². The van der Waals surface area contributed by atoms with Gasteiger partial charge < -0.3 is 24.2 Å². The monoisotopic (exact) mass is 517 g/mol. The average Bonchev–Trinajstić information content (AvgIpc) is 2.91. The molecule has 3 aromatic carbocycles. The molecule has 1 N–H and O–H groups in total. The predicted octanol–water partition coefficient (Wildman–Crippen LogP) is 6.64. The van der Waals surface area contributed by atoms with Crippen LogP contribution in [0.3, 0.4) is 0 Å². The third-order valence-electron chi connectivity index (χ3n) is 7.40. The Morgan fingerprint density at radius 1 is 0.895 bits per heavy atom. The van der Waals surface area contributed by atoms with Crippen molar-refractivity contribution in [3.63, 3.8) is 0 Å². The standard InChI is InChI=1S/C33H43NO4/c1-6-19-34(20-7-2)22-26(35)23-37-27-15-13-24(14-16-27)31-29-18-17-28(36-5)21-30(29)38-33(3,4)32(31)25-11-9-8-10-12-25/h8-18,21,26,31-32,35H,6-7,19-20,22-23H2,1-5H3/t26?,31-,32+/m1/s1. The van der Waals surface area contributed by atoms with Crippen LogP contribution in [0.4, 0.5) is 0 Å². The lowest BCUT2D eigenvalue weighted by Gasteiger charge is -2.45. The highest BCUT2D eigenvalue weighted by molar-refractivity contribution is 5.52. The molecular formula is C33H43NO4. The van der Waals surface area contributed by atoms with E-state index in [1.54, 1.807) is 7.11 Å². The number of hydrogen-bond acceptors (Lipinski definition) is 5. The molecule has 0 radical (unpaired) electrons. The smallest absolute Gasteiger partial charge is 0.127 e. The van der Waals surface area contributed by atoms with Crippen molar-refractivity contribution in [2.45, 2.75) is 64.1 Å². The summed E-state index contributed by atoms with van der Waals surface area (Å²) in [5, 5.41) is 10.6. The van der Waals surface area contributed by atoms with Crippen LogP contribution in [0.1, 0.15) is 69.1 Å². The van der Waals surface area contributed by atoms with Gasteiger partial charge in [-0.3, -0.25) is 0 Å². The van der Waals surface area contributed by atoms with Gasteiger partial charge in [0.15, 0.2) is 0 Å². The number of rotatable bonds is 12. The van der Waals surface area contributed by atoms with Gasteiger partial charge in [0.2, 0.25) is 0 Å². The summed E-state index contributed by atoms with van der Waals surface area (Å²) in [7, 11) is 1.68. The Kier molecular flexibility index (Phi) is 9.35. The molecule has 1 unspecified atom stereocenters. The van der Waals surface area contributed by atoms with Crippen molar-refractivity contribution in [2.24, 2.45) is 0 Å². The largest absolute Gasteiger partial charge is 0.497 e. The maximum atomic E-state index is 10.6. The zero-order valence-electron chi connectivity index (χ0n) is 23.5. The maximum Gasteiger partial charge on any atom is 0.127 e. The lowest BCUT2D eigenvalue weighted by atomic mass is 9.68. The van der Waals surface area contributed by atoms with E-state index >= 15 is 0 Å². The van der Waals surface area contributed by atoms with Crippen molar-refractivity contribution >= 4 is 0 Å². The lowest BCUT2D eigenvalue weighted by molar-refractivity contribution is 0.0527. The van der Waals surface area contributed by atoms with E-state index < -0.39 is 11.7 Å². The number of methoxy groups -OCH3 is 1. The number of aliphatic hydroxyl groups is 1. The van der Waals surface area contributed by atoms with E-state index in [9.17, 15) is 5.11 Å². The summed E-state index contributed by atoms with van der Waals surface area (Å²) in [6.07, 6.45) is 1.64. The van der Waals surface area contributed by atoms with E-state index in [1.807, 2.05) is 24.3 Å². The van der Waals surface area contributed by atoms with Crippen molar-refractivity contribution < 1.29 is 19.3 Å². The molecule has 1 heterocycles. The van der Waals surface area contributed by atoms with Crippen molar-refractivity contribution in [3.05, 3.63) is 89.5 Å². The van der Waals surface area contributed by atoms with E-state index in [-0.39, 0.29) is 18.4 Å². The van der Waals surface area contributed by atoms with Crippen LogP contribution in [0.25, 0.3) is 0 Å². The van der Waals surface area contributed by atoms with E-state index in [0.29, 0.717) is 6.54 Å². The topological polar surface area (TPSA) is 51.2 Å². The van der Waals surface area contributed by atoms with Gasteiger partial charge in [-0.05, 0) is 69.1 Å². The van der Waals surface area contributed by atoms with Gasteiger partial charge >= 0.3 is 0 Å². The summed E-state index contributed by atoms with van der Waals surface area (Å²) in [6.45, 7) is 11.6. The number of nitrogens with zero attached hydrogens (tertiary/aromatic N) is 1. The van der Waals surface area contributed by atoms with Crippen LogP contribution in [0.2, 0.25) is 0 Å². The molecule has 5 nitrogen and oxygen atoms in total. The fourth-order valence-corrected chi connectivity index (χ4v) is 5.78. The number of aliphatic hydroxyl groups excluding tert-OH is 1. The van der Waals surface area contributed by atoms with Crippen molar-refractivity contribution in [1.82, 2.24) is 4.90 Å². The second kappa shape index (κ2) is 12.7. The first-order valence-corrected chi connectivity index (χ1v) is 13.9. The van der Waals surface area contributed by atoms with Gasteiger partial charge in [-0.15, -0.1) is 0 Å². The molecule has 38 heavy (non-hydrogen) atoms. The summed E-state index contributed by atoms with van der Waals surface area (Å²) in [4.78, 5) is 2.31. The van der Waals surface area contributed by atoms with E-state index in [1.165, 1.54) is 11.1 Å². The Balaban J connectivity index is 1.58. The van der Waals surface area contributed by atoms with Gasteiger partial charge in [-0.2, -0.15) is 0 Å². The number of benzene rings is 3. The predicted molar refractivity (Wildman–Crippen MR) is 154 cm³/mol. The Hall–Kier alpha value is -3.02. The summed E-state index contributed by atoms with van der Waals surface area (Å²) in [6, 6.07) is 25.1. The Morgan fingerprint density at radius 2 is 1.55 bits per heavy atom. The third kappa shape index (κ3) is 6.51. The first-order chi connectivity index (χ1) is 18.4. The van der Waals surface area contributed by atoms with Gasteiger partial charge in [-0.25, -0.2) is 0 Å². The molecule has 3 atom stereocenters. The molecule has 4 rings (SSSR count). The number of fused-ring (bicyclic) bond motifs is 1. The second-order valence-electron chi connectivity index (χ2n) is 10.8. The Bertz CT molecular complexity index is 1140. The highest BCUT2D eigenvalue weighted by atomic mass is 16.5. The molecular weight excluding hydrogens is 474 g/mol. The molecule has 0 aliphatic carbocycles. The molecule has 0 saturated carbocycles. The molecule has 0 saturated heterocycles. The average molecular weight is 518 g/mol. The number of ether oxygens (including phenoxy) is 3. The van der Waals surface area contributed by atoms with E-state index in [0.717, 1.165) is 48.7 Å². The molecule has 204 valence electrons. The highest BCUT2D eigenvalue weighted by Crippen LogP contribution is 2.53. The third-order valence-corrected chi connectivity index (χ3v) is 7.40. The van der Waals surface area contributed by atoms with Crippen LogP contribution in [0.5, 0.6) is 17.2 Å². The minimum Gasteiger partial charge on any atom is -0.497 e. The van der Waals surface area contributed by atoms with Crippen LogP contribution < -0.4 is 14.2 Å². The molecule has 0 aromatic heterocycles. The first kappa shape index (κ1) is 28.0. The number of hydrogen-bond donors (Lipinski definition) is 1. The molecule has 0 fully saturated rings. The highest BCUT2D eigenvalue weighted by Gasteiger charge is 2.45. The normalized spacial score (nSPS) is 18.9. The maximum absolute atomic E-state index is 10.6. The molecule has 5 heteroatoms. The van der Waals surface area contributed by atoms with Crippen LogP contribution in [0.15, 0.2) is 72.8 Å². The fraction of sp³-hybridized carbons (Fsp3) is 0.455. The molecule has 3 aromatic rings. The molecule has 0 spiro atoms. The zero-order chi connectivity index (χ0) is 27.1. The molecule has 0 amide bonds. The van der Waals surface area contributed by atoms with Crippen LogP contribution >= 0.6 is 0 Å². The Labute approximate surface area is 228 Å². The summed E-state index contributed by atoms with van der Waals surface area (Å²) in [5.74, 6) is 2.62. The van der Waals surface area contributed by atoms with Gasteiger partial charge in [0.1, 0.15) is 35.6 Å². The Morgan fingerprint density at radius 3 is 2.18 bits per heavy atom. The minimum atomic E-state index is -0.520. The van der Waals surface area contributed by atoms with Gasteiger partial charge in [0.25, 0.3) is 0 Å². The van der Waals surface area contributed by atoms with Crippen LogP contribution in [-0.4, -0.2) is 55.1 Å². The van der Waals surface area contributed by atoms with Crippen molar-refractivity contribution in [2.75, 3.05) is 33.4 Å². The SMILES string of the molecule is CCCN(CCC)CC(O)COc1ccc([C@@H]2c3ccc(OC)cc3OC(C)(C)[C@H]2c2ccccc2)cc1.